The van der Waals surface area contributed by atoms with Gasteiger partial charge in [-0.2, -0.15) is 0 Å². The summed E-state index contributed by atoms with van der Waals surface area (Å²) in [5.74, 6) is -0.655. The zero-order valence-electron chi connectivity index (χ0n) is 11.5. The number of piperidine rings is 1. The molecule has 1 fully saturated rings. The van der Waals surface area contributed by atoms with Crippen LogP contribution in [0.15, 0.2) is 22.7 Å². The molecule has 1 N–H and O–H groups in total. The lowest BCUT2D eigenvalue weighted by Gasteiger charge is -2.32. The van der Waals surface area contributed by atoms with E-state index in [2.05, 4.69) is 20.7 Å². The van der Waals surface area contributed by atoms with E-state index in [4.69, 9.17) is 0 Å². The van der Waals surface area contributed by atoms with Gasteiger partial charge < -0.3 is 4.90 Å². The van der Waals surface area contributed by atoms with Crippen molar-refractivity contribution in [2.75, 3.05) is 19.3 Å². The highest BCUT2D eigenvalue weighted by atomic mass is 79.9. The number of hydrogen-bond acceptors (Lipinski definition) is 3. The van der Waals surface area contributed by atoms with E-state index in [9.17, 15) is 17.6 Å². The summed E-state index contributed by atoms with van der Waals surface area (Å²) in [6, 6.07) is 3.82. The molecule has 1 aromatic carbocycles. The van der Waals surface area contributed by atoms with Crippen LogP contribution in [0.25, 0.3) is 0 Å². The molecule has 1 atom stereocenters. The molecule has 0 bridgehead atoms. The molecule has 0 aliphatic carbocycles. The first kappa shape index (κ1) is 16.4. The summed E-state index contributed by atoms with van der Waals surface area (Å²) in [5, 5.41) is 0. The Morgan fingerprint density at radius 2 is 2.19 bits per heavy atom. The molecule has 0 aromatic heterocycles. The van der Waals surface area contributed by atoms with Gasteiger partial charge in [0, 0.05) is 24.7 Å². The Morgan fingerprint density at radius 1 is 1.48 bits per heavy atom. The van der Waals surface area contributed by atoms with E-state index in [1.165, 1.54) is 18.2 Å². The summed E-state index contributed by atoms with van der Waals surface area (Å²) < 4.78 is 38.5. The highest BCUT2D eigenvalue weighted by Crippen LogP contribution is 2.20. The molecule has 8 heteroatoms. The quantitative estimate of drug-likeness (QED) is 0.870. The minimum absolute atomic E-state index is 0.226. The fourth-order valence-electron chi connectivity index (χ4n) is 2.37. The van der Waals surface area contributed by atoms with Gasteiger partial charge in [0.15, 0.2) is 0 Å². The van der Waals surface area contributed by atoms with Crippen molar-refractivity contribution in [3.05, 3.63) is 34.1 Å². The van der Waals surface area contributed by atoms with Crippen molar-refractivity contribution in [1.82, 2.24) is 9.62 Å². The number of hydrogen-bond donors (Lipinski definition) is 1. The zero-order chi connectivity index (χ0) is 15.6. The van der Waals surface area contributed by atoms with Crippen LogP contribution in [0.5, 0.6) is 0 Å². The van der Waals surface area contributed by atoms with Crippen LogP contribution in [0, 0.1) is 5.82 Å². The van der Waals surface area contributed by atoms with Gasteiger partial charge >= 0.3 is 0 Å². The normalized spacial score (nSPS) is 19.6. The molecule has 1 aromatic rings. The summed E-state index contributed by atoms with van der Waals surface area (Å²) in [7, 11) is -3.29. The monoisotopic (exact) mass is 378 g/mol. The molecule has 116 valence electrons. The molecular formula is C13H16BrFN2O3S. The van der Waals surface area contributed by atoms with Gasteiger partial charge in [0.1, 0.15) is 5.82 Å². The first-order valence-corrected chi connectivity index (χ1v) is 9.16. The lowest BCUT2D eigenvalue weighted by Crippen LogP contribution is -2.49. The molecule has 2 rings (SSSR count). The van der Waals surface area contributed by atoms with E-state index < -0.39 is 15.8 Å². The Hall–Kier alpha value is -0.990. The molecule has 1 aliphatic heterocycles. The van der Waals surface area contributed by atoms with Crippen LogP contribution >= 0.6 is 15.9 Å². The van der Waals surface area contributed by atoms with E-state index in [1.54, 1.807) is 4.90 Å². The predicted octanol–water partition coefficient (Wildman–Crippen LogP) is 1.74. The molecule has 1 amide bonds. The third kappa shape index (κ3) is 4.49. The molecular weight excluding hydrogens is 363 g/mol. The van der Waals surface area contributed by atoms with E-state index >= 15 is 0 Å². The van der Waals surface area contributed by atoms with E-state index in [0.29, 0.717) is 25.1 Å². The summed E-state index contributed by atoms with van der Waals surface area (Å²) in [4.78, 5) is 14.0. The van der Waals surface area contributed by atoms with Crippen molar-refractivity contribution in [1.29, 1.82) is 0 Å². The number of benzene rings is 1. The average molecular weight is 379 g/mol. The Bertz CT molecular complexity index is 651. The number of sulfonamides is 1. The number of nitrogens with zero attached hydrogens (tertiary/aromatic N) is 1. The van der Waals surface area contributed by atoms with E-state index in [1.807, 2.05) is 0 Å². The second-order valence-corrected chi connectivity index (χ2v) is 7.74. The molecule has 1 saturated heterocycles. The van der Waals surface area contributed by atoms with Crippen LogP contribution in [-0.4, -0.2) is 44.6 Å². The van der Waals surface area contributed by atoms with Gasteiger partial charge in [0.25, 0.3) is 5.91 Å². The van der Waals surface area contributed by atoms with Gasteiger partial charge in [-0.3, -0.25) is 4.79 Å². The largest absolute Gasteiger partial charge is 0.337 e. The maximum absolute atomic E-state index is 13.2. The van der Waals surface area contributed by atoms with Gasteiger partial charge in [-0.1, -0.05) is 0 Å². The lowest BCUT2D eigenvalue weighted by molar-refractivity contribution is 0.0703. The van der Waals surface area contributed by atoms with E-state index in [0.717, 1.165) is 12.7 Å². The number of carbonyl (C=O) groups is 1. The minimum atomic E-state index is -3.29. The topological polar surface area (TPSA) is 66.5 Å². The SMILES string of the molecule is CS(=O)(=O)NC1CCCN(C(=O)c2ccc(F)c(Br)c2)C1. The first-order valence-electron chi connectivity index (χ1n) is 6.48. The van der Waals surface area contributed by atoms with Crippen LogP contribution < -0.4 is 4.72 Å². The van der Waals surface area contributed by atoms with Crippen LogP contribution in [0.1, 0.15) is 23.2 Å². The second-order valence-electron chi connectivity index (χ2n) is 5.11. The summed E-state index contributed by atoms with van der Waals surface area (Å²) >= 11 is 3.05. The molecule has 0 saturated carbocycles. The number of likely N-dealkylation sites (tertiary alicyclic amines) is 1. The molecule has 0 spiro atoms. The highest BCUT2D eigenvalue weighted by Gasteiger charge is 2.26. The molecule has 0 radical (unpaired) electrons. The lowest BCUT2D eigenvalue weighted by atomic mass is 10.1. The fraction of sp³-hybridized carbons (Fsp3) is 0.462. The second kappa shape index (κ2) is 6.41. The number of carbonyl (C=O) groups excluding carboxylic acids is 1. The summed E-state index contributed by atoms with van der Waals surface area (Å²) in [5.41, 5.74) is 0.378. The van der Waals surface area contributed by atoms with Crippen molar-refractivity contribution in [3.63, 3.8) is 0 Å². The van der Waals surface area contributed by atoms with Gasteiger partial charge in [0.2, 0.25) is 10.0 Å². The molecule has 5 nitrogen and oxygen atoms in total. The zero-order valence-corrected chi connectivity index (χ0v) is 13.9. The van der Waals surface area contributed by atoms with Gasteiger partial charge in [0.05, 0.1) is 10.7 Å². The van der Waals surface area contributed by atoms with Crippen molar-refractivity contribution < 1.29 is 17.6 Å². The Labute approximate surface area is 131 Å². The van der Waals surface area contributed by atoms with Crippen molar-refractivity contribution in [3.8, 4) is 0 Å². The van der Waals surface area contributed by atoms with Crippen LogP contribution in [-0.2, 0) is 10.0 Å². The number of nitrogens with one attached hydrogen (secondary N) is 1. The van der Waals surface area contributed by atoms with Gasteiger partial charge in [-0.25, -0.2) is 17.5 Å². The Kier molecular flexibility index (Phi) is 5.00. The van der Waals surface area contributed by atoms with Crippen LogP contribution in [0.2, 0.25) is 0 Å². The average Bonchev–Trinajstić information content (AvgIpc) is 2.39. The van der Waals surface area contributed by atoms with Gasteiger partial charge in [-0.15, -0.1) is 0 Å². The summed E-state index contributed by atoms with van der Waals surface area (Å²) in [6.07, 6.45) is 2.52. The molecule has 21 heavy (non-hydrogen) atoms. The number of amides is 1. The van der Waals surface area contributed by atoms with E-state index in [-0.39, 0.29) is 16.4 Å². The number of halogens is 2. The third-order valence-electron chi connectivity index (χ3n) is 3.26. The van der Waals surface area contributed by atoms with Crippen molar-refractivity contribution in [2.24, 2.45) is 0 Å². The fourth-order valence-corrected chi connectivity index (χ4v) is 3.55. The molecule has 1 aliphatic rings. The third-order valence-corrected chi connectivity index (χ3v) is 4.63. The van der Waals surface area contributed by atoms with Gasteiger partial charge in [-0.05, 0) is 47.0 Å². The molecule has 1 heterocycles. The van der Waals surface area contributed by atoms with Crippen LogP contribution in [0.3, 0.4) is 0 Å². The highest BCUT2D eigenvalue weighted by molar-refractivity contribution is 9.10. The standard InChI is InChI=1S/C13H16BrFN2O3S/c1-21(19,20)16-10-3-2-6-17(8-10)13(18)9-4-5-12(15)11(14)7-9/h4-5,7,10,16H,2-3,6,8H2,1H3. The predicted molar refractivity (Wildman–Crippen MR) is 81.0 cm³/mol. The Balaban J connectivity index is 2.10. The molecule has 1 unspecified atom stereocenters. The maximum Gasteiger partial charge on any atom is 0.253 e. The van der Waals surface area contributed by atoms with Crippen LogP contribution in [0.4, 0.5) is 4.39 Å². The minimum Gasteiger partial charge on any atom is -0.337 e. The smallest absolute Gasteiger partial charge is 0.253 e. The first-order chi connectivity index (χ1) is 9.76. The summed E-state index contributed by atoms with van der Waals surface area (Å²) in [6.45, 7) is 0.886. The van der Waals surface area contributed by atoms with Crippen molar-refractivity contribution >= 4 is 31.9 Å². The Morgan fingerprint density at radius 3 is 2.81 bits per heavy atom. The maximum atomic E-state index is 13.2. The van der Waals surface area contributed by atoms with Crippen molar-refractivity contribution in [2.45, 2.75) is 18.9 Å². The number of rotatable bonds is 3.